The molecule has 3 heterocycles. The first kappa shape index (κ1) is 19.5. The van der Waals surface area contributed by atoms with Gasteiger partial charge in [-0.3, -0.25) is 14.4 Å². The molecular formula is C20H25N5O4. The SMILES string of the molecule is O=C(NCc1nc2ccccc2c(=O)[nH]1)[C@H]1CNC[C@H](C(=O)N2CCOCC2)C1. The minimum atomic E-state index is -0.300. The summed E-state index contributed by atoms with van der Waals surface area (Å²) >= 11 is 0. The van der Waals surface area contributed by atoms with Crippen molar-refractivity contribution in [1.82, 2.24) is 25.5 Å². The molecule has 0 saturated carbocycles. The fraction of sp³-hybridized carbons (Fsp3) is 0.500. The number of ether oxygens (including phenoxy) is 1. The van der Waals surface area contributed by atoms with Gasteiger partial charge < -0.3 is 25.3 Å². The van der Waals surface area contributed by atoms with E-state index >= 15 is 0 Å². The van der Waals surface area contributed by atoms with Gasteiger partial charge in [0, 0.05) is 26.2 Å². The molecule has 2 aromatic rings. The van der Waals surface area contributed by atoms with Crippen LogP contribution in [-0.4, -0.2) is 66.1 Å². The van der Waals surface area contributed by atoms with Gasteiger partial charge >= 0.3 is 0 Å². The zero-order chi connectivity index (χ0) is 20.2. The summed E-state index contributed by atoms with van der Waals surface area (Å²) in [5.41, 5.74) is 0.367. The van der Waals surface area contributed by atoms with Crippen LogP contribution in [0.4, 0.5) is 0 Å². The number of hydrogen-bond acceptors (Lipinski definition) is 6. The van der Waals surface area contributed by atoms with Crippen LogP contribution in [0.5, 0.6) is 0 Å². The predicted octanol–water partition coefficient (Wildman–Crippen LogP) is -0.376. The maximum absolute atomic E-state index is 12.7. The molecule has 1 aromatic carbocycles. The van der Waals surface area contributed by atoms with Gasteiger partial charge in [-0.2, -0.15) is 0 Å². The Kier molecular flexibility index (Phi) is 5.86. The van der Waals surface area contributed by atoms with Crippen LogP contribution >= 0.6 is 0 Å². The summed E-state index contributed by atoms with van der Waals surface area (Å²) in [6.07, 6.45) is 0.511. The van der Waals surface area contributed by atoms with Crippen LogP contribution < -0.4 is 16.2 Å². The Morgan fingerprint density at radius 3 is 2.76 bits per heavy atom. The van der Waals surface area contributed by atoms with E-state index in [1.165, 1.54) is 0 Å². The van der Waals surface area contributed by atoms with Crippen molar-refractivity contribution in [3.63, 3.8) is 0 Å². The summed E-state index contributed by atoms with van der Waals surface area (Å²) < 4.78 is 5.30. The molecule has 2 aliphatic rings. The van der Waals surface area contributed by atoms with Gasteiger partial charge in [-0.05, 0) is 18.6 Å². The van der Waals surface area contributed by atoms with Crippen molar-refractivity contribution < 1.29 is 14.3 Å². The van der Waals surface area contributed by atoms with Gasteiger partial charge in [-0.1, -0.05) is 12.1 Å². The average molecular weight is 399 g/mol. The number of aromatic nitrogens is 2. The molecule has 2 amide bonds. The van der Waals surface area contributed by atoms with Gasteiger partial charge in [0.2, 0.25) is 11.8 Å². The van der Waals surface area contributed by atoms with E-state index in [1.807, 2.05) is 11.0 Å². The molecule has 0 radical (unpaired) electrons. The monoisotopic (exact) mass is 399 g/mol. The third-order valence-corrected chi connectivity index (χ3v) is 5.49. The van der Waals surface area contributed by atoms with Crippen molar-refractivity contribution in [1.29, 1.82) is 0 Å². The van der Waals surface area contributed by atoms with E-state index in [-0.39, 0.29) is 35.8 Å². The van der Waals surface area contributed by atoms with Crippen molar-refractivity contribution in [3.8, 4) is 0 Å². The van der Waals surface area contributed by atoms with E-state index in [0.29, 0.717) is 62.5 Å². The number of nitrogens with zero attached hydrogens (tertiary/aromatic N) is 2. The van der Waals surface area contributed by atoms with Crippen LogP contribution in [-0.2, 0) is 20.9 Å². The molecule has 2 saturated heterocycles. The first-order valence-electron chi connectivity index (χ1n) is 9.94. The smallest absolute Gasteiger partial charge is 0.258 e. The third-order valence-electron chi connectivity index (χ3n) is 5.49. The number of para-hydroxylation sites is 1. The Hall–Kier alpha value is -2.78. The van der Waals surface area contributed by atoms with Crippen molar-refractivity contribution >= 4 is 22.7 Å². The van der Waals surface area contributed by atoms with Crippen molar-refractivity contribution in [2.45, 2.75) is 13.0 Å². The number of nitrogens with one attached hydrogen (secondary N) is 3. The Labute approximate surface area is 167 Å². The van der Waals surface area contributed by atoms with Crippen molar-refractivity contribution in [2.24, 2.45) is 11.8 Å². The van der Waals surface area contributed by atoms with Gasteiger partial charge in [0.05, 0.1) is 42.5 Å². The Bertz CT molecular complexity index is 953. The van der Waals surface area contributed by atoms with Crippen LogP contribution in [0, 0.1) is 11.8 Å². The van der Waals surface area contributed by atoms with Crippen LogP contribution in [0.1, 0.15) is 12.2 Å². The topological polar surface area (TPSA) is 116 Å². The highest BCUT2D eigenvalue weighted by molar-refractivity contribution is 5.83. The first-order chi connectivity index (χ1) is 14.1. The molecule has 0 spiro atoms. The van der Waals surface area contributed by atoms with Gasteiger partial charge in [0.1, 0.15) is 5.82 Å². The van der Waals surface area contributed by atoms with Gasteiger partial charge in [0.25, 0.3) is 5.56 Å². The van der Waals surface area contributed by atoms with E-state index in [4.69, 9.17) is 4.74 Å². The lowest BCUT2D eigenvalue weighted by atomic mass is 9.88. The van der Waals surface area contributed by atoms with Crippen molar-refractivity contribution in [3.05, 3.63) is 40.4 Å². The third kappa shape index (κ3) is 4.46. The zero-order valence-electron chi connectivity index (χ0n) is 16.1. The highest BCUT2D eigenvalue weighted by Gasteiger charge is 2.33. The normalized spacial score (nSPS) is 22.4. The molecular weight excluding hydrogens is 374 g/mol. The van der Waals surface area contributed by atoms with Gasteiger partial charge in [0.15, 0.2) is 0 Å². The molecule has 2 atom stereocenters. The number of hydrogen-bond donors (Lipinski definition) is 3. The van der Waals surface area contributed by atoms with E-state index in [9.17, 15) is 14.4 Å². The number of H-pyrrole nitrogens is 1. The lowest BCUT2D eigenvalue weighted by Crippen LogP contribution is -2.51. The molecule has 154 valence electrons. The van der Waals surface area contributed by atoms with Crippen LogP contribution in [0.2, 0.25) is 0 Å². The number of carbonyl (C=O) groups is 2. The number of carbonyl (C=O) groups excluding carboxylic acids is 2. The summed E-state index contributed by atoms with van der Waals surface area (Å²) in [6, 6.07) is 7.08. The molecule has 0 unspecified atom stereocenters. The van der Waals surface area contributed by atoms with Gasteiger partial charge in [-0.25, -0.2) is 4.98 Å². The highest BCUT2D eigenvalue weighted by Crippen LogP contribution is 2.20. The van der Waals surface area contributed by atoms with Gasteiger partial charge in [-0.15, -0.1) is 0 Å². The standard InChI is InChI=1S/C20H25N5O4/c26-18(22-12-17-23-16-4-2-1-3-15(16)19(27)24-17)13-9-14(11-21-10-13)20(28)25-5-7-29-8-6-25/h1-4,13-14,21H,5-12H2,(H,22,26)(H,23,24,27)/t13-,14-/m1/s1. The van der Waals surface area contributed by atoms with Crippen LogP contribution in [0.15, 0.2) is 29.1 Å². The lowest BCUT2D eigenvalue weighted by Gasteiger charge is -2.34. The quantitative estimate of drug-likeness (QED) is 0.646. The molecule has 4 rings (SSSR count). The number of fused-ring (bicyclic) bond motifs is 1. The van der Waals surface area contributed by atoms with Crippen LogP contribution in [0.25, 0.3) is 10.9 Å². The molecule has 1 aromatic heterocycles. The molecule has 3 N–H and O–H groups in total. The van der Waals surface area contributed by atoms with Crippen LogP contribution in [0.3, 0.4) is 0 Å². The maximum Gasteiger partial charge on any atom is 0.258 e. The largest absolute Gasteiger partial charge is 0.378 e. The number of aromatic amines is 1. The zero-order valence-corrected chi connectivity index (χ0v) is 16.1. The molecule has 29 heavy (non-hydrogen) atoms. The number of rotatable bonds is 4. The number of amides is 2. The number of piperidine rings is 1. The van der Waals surface area contributed by atoms with E-state index in [2.05, 4.69) is 20.6 Å². The second-order valence-electron chi connectivity index (χ2n) is 7.47. The molecule has 9 nitrogen and oxygen atoms in total. The fourth-order valence-corrected chi connectivity index (χ4v) is 3.91. The summed E-state index contributed by atoms with van der Waals surface area (Å²) in [6.45, 7) is 3.58. The molecule has 0 aliphatic carbocycles. The molecule has 9 heteroatoms. The lowest BCUT2D eigenvalue weighted by molar-refractivity contribution is -0.141. The summed E-state index contributed by atoms with van der Waals surface area (Å²) in [5, 5.41) is 6.56. The molecule has 2 aliphatic heterocycles. The predicted molar refractivity (Wildman–Crippen MR) is 106 cm³/mol. The Morgan fingerprint density at radius 1 is 1.17 bits per heavy atom. The molecule has 2 fully saturated rings. The number of morpholine rings is 1. The Balaban J connectivity index is 1.36. The van der Waals surface area contributed by atoms with E-state index < -0.39 is 0 Å². The second-order valence-corrected chi connectivity index (χ2v) is 7.47. The summed E-state index contributed by atoms with van der Waals surface area (Å²) in [7, 11) is 0. The average Bonchev–Trinajstić information content (AvgIpc) is 2.77. The molecule has 0 bridgehead atoms. The fourth-order valence-electron chi connectivity index (χ4n) is 3.91. The summed E-state index contributed by atoms with van der Waals surface area (Å²) in [5.74, 6) is -0.166. The Morgan fingerprint density at radius 2 is 1.93 bits per heavy atom. The number of benzene rings is 1. The maximum atomic E-state index is 12.7. The highest BCUT2D eigenvalue weighted by atomic mass is 16.5. The second kappa shape index (κ2) is 8.71. The summed E-state index contributed by atoms with van der Waals surface area (Å²) in [4.78, 5) is 46.4. The minimum Gasteiger partial charge on any atom is -0.378 e. The minimum absolute atomic E-state index is 0.0822. The first-order valence-corrected chi connectivity index (χ1v) is 9.94. The van der Waals surface area contributed by atoms with E-state index in [1.54, 1.807) is 18.2 Å². The van der Waals surface area contributed by atoms with E-state index in [0.717, 1.165) is 0 Å². The van der Waals surface area contributed by atoms with Crippen molar-refractivity contribution in [2.75, 3.05) is 39.4 Å².